The Balaban J connectivity index is 1.56. The maximum atomic E-state index is 13.9. The number of amides is 1. The van der Waals surface area contributed by atoms with Crippen molar-refractivity contribution in [3.63, 3.8) is 0 Å². The lowest BCUT2D eigenvalue weighted by Crippen LogP contribution is -2.38. The van der Waals surface area contributed by atoms with Crippen molar-refractivity contribution in [2.75, 3.05) is 42.3 Å². The summed E-state index contributed by atoms with van der Waals surface area (Å²) in [5.41, 5.74) is 2.05. The molecule has 7 nitrogen and oxygen atoms in total. The fourth-order valence-electron chi connectivity index (χ4n) is 3.26. The second-order valence-electron chi connectivity index (χ2n) is 6.96. The average Bonchev–Trinajstić information content (AvgIpc) is 3.19. The van der Waals surface area contributed by atoms with E-state index in [1.807, 2.05) is 35.8 Å². The Morgan fingerprint density at radius 1 is 1.23 bits per heavy atom. The van der Waals surface area contributed by atoms with Gasteiger partial charge in [-0.05, 0) is 36.8 Å². The quantitative estimate of drug-likeness (QED) is 0.561. The van der Waals surface area contributed by atoms with E-state index in [4.69, 9.17) is 16.3 Å². The number of carbonyl (C=O) groups excluding carboxylic acids is 1. The molecule has 10 heteroatoms. The SMILES string of the molecule is Cc1ccccc1-n1c(SCC(=O)Nc2cc(Cl)ccc2F)nnc1N1CCOCC1. The maximum Gasteiger partial charge on any atom is 0.234 e. The molecule has 1 aliphatic heterocycles. The van der Waals surface area contributed by atoms with E-state index in [0.29, 0.717) is 42.4 Å². The van der Waals surface area contributed by atoms with E-state index in [1.165, 1.54) is 30.0 Å². The molecule has 2 aromatic carbocycles. The average molecular weight is 462 g/mol. The van der Waals surface area contributed by atoms with Gasteiger partial charge in [0.2, 0.25) is 11.9 Å². The minimum absolute atomic E-state index is 0.0408. The van der Waals surface area contributed by atoms with Crippen LogP contribution in [0.5, 0.6) is 0 Å². The Hall–Kier alpha value is -2.62. The van der Waals surface area contributed by atoms with Crippen LogP contribution in [0.2, 0.25) is 5.02 Å². The van der Waals surface area contributed by atoms with Crippen LogP contribution < -0.4 is 10.2 Å². The highest BCUT2D eigenvalue weighted by molar-refractivity contribution is 7.99. The normalized spacial score (nSPS) is 14.0. The third-order valence-electron chi connectivity index (χ3n) is 4.80. The predicted octanol–water partition coefficient (Wildman–Crippen LogP) is 3.94. The lowest BCUT2D eigenvalue weighted by molar-refractivity contribution is -0.113. The molecule has 1 saturated heterocycles. The number of anilines is 2. The Bertz CT molecular complexity index is 1090. The van der Waals surface area contributed by atoms with Crippen LogP contribution in [-0.4, -0.2) is 52.7 Å². The number of nitrogens with zero attached hydrogens (tertiary/aromatic N) is 4. The smallest absolute Gasteiger partial charge is 0.234 e. The standard InChI is InChI=1S/C21H21ClFN5O2S/c1-14-4-2-3-5-18(14)28-20(27-8-10-30-11-9-27)25-26-21(28)31-13-19(29)24-17-12-15(22)6-7-16(17)23/h2-7,12H,8-11,13H2,1H3,(H,24,29). The third kappa shape index (κ3) is 5.00. The molecule has 4 rings (SSSR count). The maximum absolute atomic E-state index is 13.9. The number of morpholine rings is 1. The minimum atomic E-state index is -0.541. The number of thioether (sulfide) groups is 1. The van der Waals surface area contributed by atoms with E-state index < -0.39 is 5.82 Å². The molecule has 0 spiro atoms. The van der Waals surface area contributed by atoms with Gasteiger partial charge < -0.3 is 15.0 Å². The molecule has 1 aliphatic rings. The van der Waals surface area contributed by atoms with Gasteiger partial charge in [0.15, 0.2) is 5.16 Å². The highest BCUT2D eigenvalue weighted by Gasteiger charge is 2.23. The Morgan fingerprint density at radius 2 is 2.00 bits per heavy atom. The minimum Gasteiger partial charge on any atom is -0.378 e. The molecular formula is C21H21ClFN5O2S. The number of halogens is 2. The number of ether oxygens (including phenoxy) is 1. The van der Waals surface area contributed by atoms with Crippen molar-refractivity contribution >= 4 is 40.9 Å². The summed E-state index contributed by atoms with van der Waals surface area (Å²) < 4.78 is 21.3. The van der Waals surface area contributed by atoms with Gasteiger partial charge in [0, 0.05) is 18.1 Å². The summed E-state index contributed by atoms with van der Waals surface area (Å²) >= 11 is 7.13. The summed E-state index contributed by atoms with van der Waals surface area (Å²) in [4.78, 5) is 14.6. The number of hydrogen-bond acceptors (Lipinski definition) is 6. The highest BCUT2D eigenvalue weighted by Crippen LogP contribution is 2.29. The molecule has 0 aliphatic carbocycles. The number of aromatic nitrogens is 3. The van der Waals surface area contributed by atoms with Gasteiger partial charge in [-0.2, -0.15) is 0 Å². The molecule has 3 aromatic rings. The van der Waals surface area contributed by atoms with Crippen LogP contribution in [0.15, 0.2) is 47.6 Å². The molecule has 1 N–H and O–H groups in total. The lowest BCUT2D eigenvalue weighted by atomic mass is 10.2. The first-order valence-corrected chi connectivity index (χ1v) is 11.1. The summed E-state index contributed by atoms with van der Waals surface area (Å²) in [6, 6.07) is 12.0. The molecule has 2 heterocycles. The Kier molecular flexibility index (Phi) is 6.74. The van der Waals surface area contributed by atoms with Crippen LogP contribution >= 0.6 is 23.4 Å². The summed E-state index contributed by atoms with van der Waals surface area (Å²) in [6.45, 7) is 4.68. The summed E-state index contributed by atoms with van der Waals surface area (Å²) in [6.07, 6.45) is 0. The number of rotatable bonds is 6. The van der Waals surface area contributed by atoms with Crippen LogP contribution in [0.25, 0.3) is 5.69 Å². The topological polar surface area (TPSA) is 72.3 Å². The number of nitrogens with one attached hydrogen (secondary N) is 1. The van der Waals surface area contributed by atoms with Gasteiger partial charge in [0.25, 0.3) is 0 Å². The van der Waals surface area contributed by atoms with Crippen LogP contribution in [0.4, 0.5) is 16.0 Å². The van der Waals surface area contributed by atoms with Crippen molar-refractivity contribution in [1.29, 1.82) is 0 Å². The first-order chi connectivity index (χ1) is 15.0. The van der Waals surface area contributed by atoms with E-state index >= 15 is 0 Å². The van der Waals surface area contributed by atoms with Crippen LogP contribution in [0.1, 0.15) is 5.56 Å². The van der Waals surface area contributed by atoms with Crippen LogP contribution in [0.3, 0.4) is 0 Å². The lowest BCUT2D eigenvalue weighted by Gasteiger charge is -2.28. The van der Waals surface area contributed by atoms with Crippen LogP contribution in [0, 0.1) is 12.7 Å². The van der Waals surface area contributed by atoms with E-state index in [0.717, 1.165) is 11.3 Å². The van der Waals surface area contributed by atoms with Gasteiger partial charge in [-0.3, -0.25) is 9.36 Å². The first-order valence-electron chi connectivity index (χ1n) is 9.75. The fraction of sp³-hybridized carbons (Fsp3) is 0.286. The number of carbonyl (C=O) groups is 1. The van der Waals surface area contributed by atoms with Gasteiger partial charge in [0.05, 0.1) is 30.3 Å². The van der Waals surface area contributed by atoms with E-state index in [2.05, 4.69) is 20.4 Å². The zero-order chi connectivity index (χ0) is 21.8. The summed E-state index contributed by atoms with van der Waals surface area (Å²) in [5.74, 6) is -0.153. The van der Waals surface area contributed by atoms with Gasteiger partial charge in [-0.15, -0.1) is 10.2 Å². The molecule has 0 bridgehead atoms. The van der Waals surface area contributed by atoms with E-state index in [9.17, 15) is 9.18 Å². The zero-order valence-corrected chi connectivity index (χ0v) is 18.4. The molecule has 0 saturated carbocycles. The molecule has 0 unspecified atom stereocenters. The van der Waals surface area contributed by atoms with E-state index in [1.54, 1.807) is 0 Å². The van der Waals surface area contributed by atoms with Crippen molar-refractivity contribution in [3.05, 3.63) is 58.9 Å². The fourth-order valence-corrected chi connectivity index (χ4v) is 4.17. The molecule has 0 radical (unpaired) electrons. The second-order valence-corrected chi connectivity index (χ2v) is 8.34. The number of aryl methyl sites for hydroxylation is 1. The number of benzene rings is 2. The van der Waals surface area contributed by atoms with Gasteiger partial charge >= 0.3 is 0 Å². The zero-order valence-electron chi connectivity index (χ0n) is 16.8. The molecule has 0 atom stereocenters. The molecule has 1 amide bonds. The molecule has 1 aromatic heterocycles. The van der Waals surface area contributed by atoms with E-state index in [-0.39, 0.29) is 17.3 Å². The monoisotopic (exact) mass is 461 g/mol. The summed E-state index contributed by atoms with van der Waals surface area (Å²) in [5, 5.41) is 12.2. The predicted molar refractivity (Wildman–Crippen MR) is 120 cm³/mol. The van der Waals surface area contributed by atoms with Crippen molar-refractivity contribution in [1.82, 2.24) is 14.8 Å². The highest BCUT2D eigenvalue weighted by atomic mass is 35.5. The van der Waals surface area contributed by atoms with Gasteiger partial charge in [-0.25, -0.2) is 4.39 Å². The summed E-state index contributed by atoms with van der Waals surface area (Å²) in [7, 11) is 0. The second kappa shape index (κ2) is 9.67. The molecule has 31 heavy (non-hydrogen) atoms. The van der Waals surface area contributed by atoms with Crippen molar-refractivity contribution in [3.8, 4) is 5.69 Å². The third-order valence-corrected chi connectivity index (χ3v) is 5.97. The first kappa shape index (κ1) is 21.6. The van der Waals surface area contributed by atoms with Crippen molar-refractivity contribution in [2.24, 2.45) is 0 Å². The largest absolute Gasteiger partial charge is 0.378 e. The molecule has 1 fully saturated rings. The molecule has 162 valence electrons. The Labute approximate surface area is 188 Å². The van der Waals surface area contributed by atoms with Crippen molar-refractivity contribution in [2.45, 2.75) is 12.1 Å². The van der Waals surface area contributed by atoms with Gasteiger partial charge in [0.1, 0.15) is 5.82 Å². The number of hydrogen-bond donors (Lipinski definition) is 1. The molecular weight excluding hydrogens is 441 g/mol. The van der Waals surface area contributed by atoms with Gasteiger partial charge in [-0.1, -0.05) is 41.6 Å². The Morgan fingerprint density at radius 3 is 2.77 bits per heavy atom. The number of para-hydroxylation sites is 1. The van der Waals surface area contributed by atoms with Crippen LogP contribution in [-0.2, 0) is 9.53 Å². The van der Waals surface area contributed by atoms with Crippen molar-refractivity contribution < 1.29 is 13.9 Å².